The van der Waals surface area contributed by atoms with E-state index >= 15 is 0 Å². The van der Waals surface area contributed by atoms with Gasteiger partial charge in [-0.05, 0) is 12.8 Å². The molecular weight excluding hydrogens is 312 g/mol. The molecule has 3 heterocycles. The van der Waals surface area contributed by atoms with E-state index in [4.69, 9.17) is 9.47 Å². The number of H-pyrrole nitrogens is 1. The van der Waals surface area contributed by atoms with Gasteiger partial charge in [-0.25, -0.2) is 19.6 Å². The predicted molar refractivity (Wildman–Crippen MR) is 75.6 cm³/mol. The Morgan fingerprint density at radius 2 is 2.27 bits per heavy atom. The van der Waals surface area contributed by atoms with Crippen molar-refractivity contribution in [2.24, 2.45) is 0 Å². The van der Waals surface area contributed by atoms with Crippen molar-refractivity contribution in [1.82, 2.24) is 19.7 Å². The van der Waals surface area contributed by atoms with Gasteiger partial charge in [-0.1, -0.05) is 11.8 Å². The van der Waals surface area contributed by atoms with E-state index in [1.54, 1.807) is 0 Å². The van der Waals surface area contributed by atoms with Gasteiger partial charge in [-0.3, -0.25) is 9.36 Å². The number of imide groups is 1. The van der Waals surface area contributed by atoms with Crippen molar-refractivity contribution in [2.45, 2.75) is 30.6 Å². The summed E-state index contributed by atoms with van der Waals surface area (Å²) in [6.07, 6.45) is 1.26. The molecule has 0 bridgehead atoms. The molecule has 0 radical (unpaired) electrons. The number of aromatic nitrogens is 3. The van der Waals surface area contributed by atoms with Crippen molar-refractivity contribution in [3.05, 3.63) is 10.5 Å². The second kappa shape index (κ2) is 6.53. The maximum absolute atomic E-state index is 11.9. The lowest BCUT2D eigenvalue weighted by atomic mass is 10.2. The van der Waals surface area contributed by atoms with Gasteiger partial charge in [0.15, 0.2) is 5.16 Å². The molecule has 1 aromatic rings. The molecule has 0 spiro atoms. The summed E-state index contributed by atoms with van der Waals surface area (Å²) in [4.78, 5) is 36.1. The van der Waals surface area contributed by atoms with Gasteiger partial charge in [0.2, 0.25) is 5.91 Å². The topological polar surface area (TPSA) is 107 Å². The van der Waals surface area contributed by atoms with Gasteiger partial charge in [0.1, 0.15) is 6.61 Å². The van der Waals surface area contributed by atoms with Crippen LogP contribution in [-0.4, -0.2) is 63.3 Å². The number of hydrogen-bond donors (Lipinski definition) is 1. The van der Waals surface area contributed by atoms with Gasteiger partial charge in [0.05, 0.1) is 24.9 Å². The second-order valence-electron chi connectivity index (χ2n) is 5.01. The maximum Gasteiger partial charge on any atom is 0.416 e. The Balaban J connectivity index is 1.61. The van der Waals surface area contributed by atoms with E-state index in [1.165, 1.54) is 4.57 Å². The van der Waals surface area contributed by atoms with E-state index in [9.17, 15) is 14.4 Å². The molecule has 120 valence electrons. The highest BCUT2D eigenvalue weighted by atomic mass is 32.2. The van der Waals surface area contributed by atoms with Gasteiger partial charge in [-0.15, -0.1) is 5.10 Å². The van der Waals surface area contributed by atoms with Crippen LogP contribution in [0.2, 0.25) is 0 Å². The van der Waals surface area contributed by atoms with Gasteiger partial charge >= 0.3 is 11.8 Å². The van der Waals surface area contributed by atoms with Gasteiger partial charge < -0.3 is 9.47 Å². The quantitative estimate of drug-likeness (QED) is 0.747. The summed E-state index contributed by atoms with van der Waals surface area (Å²) < 4.78 is 11.7. The minimum atomic E-state index is -0.621. The van der Waals surface area contributed by atoms with Crippen LogP contribution in [0.3, 0.4) is 0 Å². The average Bonchev–Trinajstić information content (AvgIpc) is 3.22. The molecule has 0 saturated carbocycles. The molecule has 22 heavy (non-hydrogen) atoms. The van der Waals surface area contributed by atoms with E-state index in [0.717, 1.165) is 29.5 Å². The lowest BCUT2D eigenvalue weighted by molar-refractivity contribution is -0.125. The minimum absolute atomic E-state index is 0.00101. The molecule has 1 atom stereocenters. The Bertz CT molecular complexity index is 621. The molecule has 10 heteroatoms. The van der Waals surface area contributed by atoms with Crippen LogP contribution in [0.25, 0.3) is 0 Å². The predicted octanol–water partition coefficient (Wildman–Crippen LogP) is -0.179. The summed E-state index contributed by atoms with van der Waals surface area (Å²) in [5.41, 5.74) is -0.328. The van der Waals surface area contributed by atoms with Crippen LogP contribution in [0.1, 0.15) is 12.8 Å². The number of ether oxygens (including phenoxy) is 2. The lowest BCUT2D eigenvalue weighted by Gasteiger charge is -2.12. The Morgan fingerprint density at radius 1 is 1.41 bits per heavy atom. The van der Waals surface area contributed by atoms with Crippen LogP contribution in [-0.2, 0) is 20.8 Å². The third-order valence-electron chi connectivity index (χ3n) is 3.52. The number of rotatable bonds is 5. The number of nitrogens with zero attached hydrogens (tertiary/aromatic N) is 3. The Kier molecular flexibility index (Phi) is 4.48. The fraction of sp³-hybridized carbons (Fsp3) is 0.667. The summed E-state index contributed by atoms with van der Waals surface area (Å²) in [6.45, 7) is 1.61. The molecule has 2 saturated heterocycles. The first-order valence-corrected chi connectivity index (χ1v) is 8.00. The first kappa shape index (κ1) is 15.1. The minimum Gasteiger partial charge on any atom is -0.447 e. The molecule has 2 amide bonds. The zero-order chi connectivity index (χ0) is 15.5. The third kappa shape index (κ3) is 3.17. The van der Waals surface area contributed by atoms with Gasteiger partial charge in [0.25, 0.3) is 0 Å². The number of cyclic esters (lactones) is 1. The molecule has 2 aliphatic rings. The van der Waals surface area contributed by atoms with Gasteiger partial charge in [-0.2, -0.15) is 0 Å². The smallest absolute Gasteiger partial charge is 0.416 e. The molecule has 0 aromatic carbocycles. The lowest BCUT2D eigenvalue weighted by Crippen LogP contribution is -2.33. The normalized spacial score (nSPS) is 21.4. The highest BCUT2D eigenvalue weighted by Crippen LogP contribution is 2.19. The van der Waals surface area contributed by atoms with Crippen molar-refractivity contribution < 1.29 is 19.1 Å². The number of hydrogen-bond acceptors (Lipinski definition) is 7. The SMILES string of the molecule is O=C(CSc1n[nH]c(=O)n1C[C@@H]1CCCO1)N1CCOC1=O. The van der Waals surface area contributed by atoms with Crippen LogP contribution in [0.5, 0.6) is 0 Å². The number of thioether (sulfide) groups is 1. The highest BCUT2D eigenvalue weighted by molar-refractivity contribution is 7.99. The van der Waals surface area contributed by atoms with Crippen LogP contribution in [0, 0.1) is 0 Å². The number of carbonyl (C=O) groups is 2. The van der Waals surface area contributed by atoms with Crippen molar-refractivity contribution >= 4 is 23.8 Å². The van der Waals surface area contributed by atoms with E-state index in [2.05, 4.69) is 10.2 Å². The summed E-state index contributed by atoms with van der Waals surface area (Å²) in [7, 11) is 0. The zero-order valence-corrected chi connectivity index (χ0v) is 12.6. The van der Waals surface area contributed by atoms with Crippen LogP contribution in [0.4, 0.5) is 4.79 Å². The van der Waals surface area contributed by atoms with Crippen LogP contribution in [0.15, 0.2) is 9.95 Å². The van der Waals surface area contributed by atoms with E-state index in [0.29, 0.717) is 18.3 Å². The number of aromatic amines is 1. The van der Waals surface area contributed by atoms with Crippen molar-refractivity contribution in [3.63, 3.8) is 0 Å². The molecular formula is C12H16N4O5S. The first-order valence-electron chi connectivity index (χ1n) is 7.02. The van der Waals surface area contributed by atoms with Crippen LogP contribution >= 0.6 is 11.8 Å². The van der Waals surface area contributed by atoms with E-state index in [-0.39, 0.29) is 36.6 Å². The molecule has 2 fully saturated rings. The summed E-state index contributed by atoms with van der Waals surface area (Å²) in [5.74, 6) is -0.336. The summed E-state index contributed by atoms with van der Waals surface area (Å²) in [5, 5.41) is 6.72. The van der Waals surface area contributed by atoms with Gasteiger partial charge in [0, 0.05) is 6.61 Å². The zero-order valence-electron chi connectivity index (χ0n) is 11.8. The van der Waals surface area contributed by atoms with Crippen molar-refractivity contribution in [2.75, 3.05) is 25.5 Å². The third-order valence-corrected chi connectivity index (χ3v) is 4.48. The molecule has 3 rings (SSSR count). The van der Waals surface area contributed by atoms with E-state index < -0.39 is 6.09 Å². The standard InChI is InChI=1S/C12H16N4O5S/c17-9(15-3-5-21-12(15)19)7-22-11-14-13-10(18)16(11)6-8-2-1-4-20-8/h8H,1-7H2,(H,13,18)/t8-/m0/s1. The number of amides is 2. The summed E-state index contributed by atoms with van der Waals surface area (Å²) >= 11 is 1.11. The second-order valence-corrected chi connectivity index (χ2v) is 5.95. The average molecular weight is 328 g/mol. The molecule has 2 aliphatic heterocycles. The number of nitrogens with one attached hydrogen (secondary N) is 1. The largest absolute Gasteiger partial charge is 0.447 e. The Hall–Kier alpha value is -1.81. The molecule has 0 unspecified atom stereocenters. The molecule has 1 aromatic heterocycles. The first-order chi connectivity index (χ1) is 10.6. The monoisotopic (exact) mass is 328 g/mol. The summed E-state index contributed by atoms with van der Waals surface area (Å²) in [6, 6.07) is 0. The maximum atomic E-state index is 11.9. The van der Waals surface area contributed by atoms with E-state index in [1.807, 2.05) is 0 Å². The fourth-order valence-electron chi connectivity index (χ4n) is 2.39. The van der Waals surface area contributed by atoms with Crippen LogP contribution < -0.4 is 5.69 Å². The Morgan fingerprint density at radius 3 is 2.95 bits per heavy atom. The van der Waals surface area contributed by atoms with Crippen molar-refractivity contribution in [3.8, 4) is 0 Å². The molecule has 1 N–H and O–H groups in total. The fourth-order valence-corrected chi connectivity index (χ4v) is 3.22. The molecule has 9 nitrogen and oxygen atoms in total. The Labute approximate surface area is 129 Å². The van der Waals surface area contributed by atoms with Crippen molar-refractivity contribution in [1.29, 1.82) is 0 Å². The molecule has 0 aliphatic carbocycles. The highest BCUT2D eigenvalue weighted by Gasteiger charge is 2.28. The number of carbonyl (C=O) groups excluding carboxylic acids is 2.